The third-order valence-corrected chi connectivity index (χ3v) is 7.09. The Labute approximate surface area is 199 Å². The van der Waals surface area contributed by atoms with E-state index in [9.17, 15) is 0 Å². The molecule has 5 aromatic rings. The molecule has 2 heterocycles. The highest BCUT2D eigenvalue weighted by atomic mass is 16.7. The summed E-state index contributed by atoms with van der Waals surface area (Å²) in [5, 5.41) is 18.9. The standard InChI is InChI=1S/C27H30N6O/c1-6-7-12-22-18(4)16(2)17(3)19(5)27(22)34-33-26-21(11-9-14-24(26)29-32-33)15-20-10-8-13-23-25(20)30-31-28-23/h8-11,13-14H,6-7,12,15H2,1-5H3,(H,28,30,31)/p+1. The minimum Gasteiger partial charge on any atom is -0.276 e. The first-order valence-electron chi connectivity index (χ1n) is 11.9. The molecule has 0 amide bonds. The van der Waals surface area contributed by atoms with E-state index in [1.807, 2.05) is 24.3 Å². The first kappa shape index (κ1) is 22.1. The van der Waals surface area contributed by atoms with Crippen LogP contribution in [0.4, 0.5) is 0 Å². The molecule has 0 aliphatic rings. The number of fused-ring (bicyclic) bond motifs is 2. The van der Waals surface area contributed by atoms with E-state index in [-0.39, 0.29) is 0 Å². The second-order valence-corrected chi connectivity index (χ2v) is 9.08. The zero-order valence-corrected chi connectivity index (χ0v) is 20.5. The Morgan fingerprint density at radius 2 is 1.56 bits per heavy atom. The lowest BCUT2D eigenvalue weighted by atomic mass is 9.91. The van der Waals surface area contributed by atoms with Gasteiger partial charge in [-0.15, -0.1) is 0 Å². The third-order valence-electron chi connectivity index (χ3n) is 7.09. The molecule has 5 rings (SSSR count). The minimum atomic E-state index is 0.692. The highest BCUT2D eigenvalue weighted by Crippen LogP contribution is 2.34. The summed E-state index contributed by atoms with van der Waals surface area (Å²) in [4.78, 5) is 8.34. The predicted octanol–water partition coefficient (Wildman–Crippen LogP) is 5.13. The molecule has 2 N–H and O–H groups in total. The summed E-state index contributed by atoms with van der Waals surface area (Å²) in [5.74, 6) is 0.929. The Morgan fingerprint density at radius 1 is 0.824 bits per heavy atom. The summed E-state index contributed by atoms with van der Waals surface area (Å²) in [6, 6.07) is 12.2. The lowest BCUT2D eigenvalue weighted by molar-refractivity contribution is -0.901. The van der Waals surface area contributed by atoms with Crippen LogP contribution in [0.5, 0.6) is 5.75 Å². The van der Waals surface area contributed by atoms with Crippen LogP contribution in [-0.2, 0) is 12.8 Å². The molecule has 0 bridgehead atoms. The monoisotopic (exact) mass is 455 g/mol. The van der Waals surface area contributed by atoms with Gasteiger partial charge in [-0.3, -0.25) is 4.84 Å². The van der Waals surface area contributed by atoms with Gasteiger partial charge >= 0.3 is 0 Å². The average Bonchev–Trinajstić information content (AvgIpc) is 3.49. The fourth-order valence-corrected chi connectivity index (χ4v) is 4.76. The summed E-state index contributed by atoms with van der Waals surface area (Å²) in [6.45, 7) is 11.0. The molecule has 174 valence electrons. The minimum absolute atomic E-state index is 0.692. The van der Waals surface area contributed by atoms with Gasteiger partial charge < -0.3 is 0 Å². The number of aromatic nitrogens is 6. The Morgan fingerprint density at radius 3 is 2.35 bits per heavy atom. The van der Waals surface area contributed by atoms with E-state index in [4.69, 9.17) is 4.84 Å². The number of benzene rings is 3. The number of aromatic amines is 2. The van der Waals surface area contributed by atoms with Crippen LogP contribution in [-0.4, -0.2) is 25.7 Å². The number of nitrogens with one attached hydrogen (secondary N) is 2. The van der Waals surface area contributed by atoms with Gasteiger partial charge in [0.25, 0.3) is 11.0 Å². The second-order valence-electron chi connectivity index (χ2n) is 9.08. The zero-order valence-electron chi connectivity index (χ0n) is 20.5. The maximum Gasteiger partial charge on any atom is 0.253 e. The van der Waals surface area contributed by atoms with Crippen molar-refractivity contribution in [3.05, 3.63) is 75.3 Å². The molecule has 0 aliphatic heterocycles. The number of H-pyrrole nitrogens is 2. The number of hydrogen-bond acceptors (Lipinski definition) is 4. The van der Waals surface area contributed by atoms with E-state index in [2.05, 4.69) is 72.5 Å². The summed E-state index contributed by atoms with van der Waals surface area (Å²) >= 11 is 0. The first-order valence-corrected chi connectivity index (χ1v) is 11.9. The number of rotatable bonds is 7. The van der Waals surface area contributed by atoms with Crippen LogP contribution >= 0.6 is 0 Å². The van der Waals surface area contributed by atoms with Gasteiger partial charge in [-0.05, 0) is 80.1 Å². The van der Waals surface area contributed by atoms with Crippen molar-refractivity contribution in [2.75, 3.05) is 0 Å². The van der Waals surface area contributed by atoms with Crippen LogP contribution < -0.4 is 9.68 Å². The molecule has 34 heavy (non-hydrogen) atoms. The van der Waals surface area contributed by atoms with Crippen molar-refractivity contribution < 1.29 is 9.68 Å². The molecule has 0 unspecified atom stereocenters. The molecule has 0 radical (unpaired) electrons. The molecular weight excluding hydrogens is 424 g/mol. The molecule has 7 heteroatoms. The summed E-state index contributed by atoms with van der Waals surface area (Å²) in [5.41, 5.74) is 12.1. The van der Waals surface area contributed by atoms with Gasteiger partial charge in [-0.25, -0.2) is 0 Å². The van der Waals surface area contributed by atoms with E-state index >= 15 is 0 Å². The van der Waals surface area contributed by atoms with E-state index in [0.29, 0.717) is 6.42 Å². The Hall–Kier alpha value is -3.74. The van der Waals surface area contributed by atoms with Crippen LogP contribution in [0.1, 0.15) is 58.7 Å². The molecule has 0 spiro atoms. The van der Waals surface area contributed by atoms with Gasteiger partial charge in [-0.2, -0.15) is 15.4 Å². The highest BCUT2D eigenvalue weighted by molar-refractivity contribution is 5.80. The van der Waals surface area contributed by atoms with Gasteiger partial charge in [-0.1, -0.05) is 37.6 Å². The number of unbranched alkanes of at least 4 members (excludes halogenated alkanes) is 1. The summed E-state index contributed by atoms with van der Waals surface area (Å²) in [7, 11) is 0. The molecule has 0 saturated carbocycles. The highest BCUT2D eigenvalue weighted by Gasteiger charge is 2.24. The van der Waals surface area contributed by atoms with Crippen LogP contribution in [0.3, 0.4) is 0 Å². The molecule has 3 aromatic carbocycles. The van der Waals surface area contributed by atoms with Crippen LogP contribution in [0.25, 0.3) is 22.1 Å². The number of hydrogen-bond donors (Lipinski definition) is 2. The van der Waals surface area contributed by atoms with E-state index in [1.165, 1.54) is 27.8 Å². The van der Waals surface area contributed by atoms with E-state index in [0.717, 1.165) is 58.2 Å². The number of para-hydroxylation sites is 2. The van der Waals surface area contributed by atoms with Crippen molar-refractivity contribution in [1.82, 2.24) is 25.7 Å². The van der Waals surface area contributed by atoms with Crippen LogP contribution in [0.2, 0.25) is 0 Å². The maximum atomic E-state index is 6.62. The molecular formula is C27H31N6O+. The van der Waals surface area contributed by atoms with Gasteiger partial charge in [0.2, 0.25) is 0 Å². The molecule has 0 saturated heterocycles. The Balaban J connectivity index is 1.61. The predicted molar refractivity (Wildman–Crippen MR) is 133 cm³/mol. The smallest absolute Gasteiger partial charge is 0.253 e. The molecule has 7 nitrogen and oxygen atoms in total. The topological polar surface area (TPSA) is 83.4 Å². The Kier molecular flexibility index (Phi) is 5.77. The fraction of sp³-hybridized carbons (Fsp3) is 0.333. The quantitative estimate of drug-likeness (QED) is 0.333. The average molecular weight is 456 g/mol. The Bertz CT molecular complexity index is 1500. The second kappa shape index (κ2) is 8.89. The van der Waals surface area contributed by atoms with Gasteiger partial charge in [0.05, 0.1) is 0 Å². The first-order chi connectivity index (χ1) is 16.5. The zero-order chi connectivity index (χ0) is 23.8. The maximum absolute atomic E-state index is 6.62. The van der Waals surface area contributed by atoms with Gasteiger partial charge in [0.1, 0.15) is 11.0 Å². The lowest BCUT2D eigenvalue weighted by Gasteiger charge is -2.18. The number of nitrogens with zero attached hydrogens (tertiary/aromatic N) is 4. The van der Waals surface area contributed by atoms with Gasteiger partial charge in [0, 0.05) is 33.1 Å². The SMILES string of the molecule is CCCCc1c(C)c(C)c(C)c(C)c1O[n+]1[nH]nc2cccc(Cc3cccc4n[nH]nc34)c21. The van der Waals surface area contributed by atoms with E-state index in [1.54, 1.807) is 4.85 Å². The molecule has 0 atom stereocenters. The van der Waals surface area contributed by atoms with Crippen molar-refractivity contribution in [3.8, 4) is 5.75 Å². The van der Waals surface area contributed by atoms with Crippen LogP contribution in [0.15, 0.2) is 36.4 Å². The molecule has 2 aromatic heterocycles. The van der Waals surface area contributed by atoms with Crippen molar-refractivity contribution in [3.63, 3.8) is 0 Å². The van der Waals surface area contributed by atoms with Crippen molar-refractivity contribution in [1.29, 1.82) is 0 Å². The third kappa shape index (κ3) is 3.71. The summed E-state index contributed by atoms with van der Waals surface area (Å²) in [6.07, 6.45) is 3.95. The van der Waals surface area contributed by atoms with Crippen LogP contribution in [0, 0.1) is 27.7 Å². The summed E-state index contributed by atoms with van der Waals surface area (Å²) < 4.78 is 0. The largest absolute Gasteiger partial charge is 0.276 e. The van der Waals surface area contributed by atoms with Gasteiger partial charge in [0.15, 0.2) is 5.75 Å². The normalized spacial score (nSPS) is 11.6. The van der Waals surface area contributed by atoms with E-state index < -0.39 is 0 Å². The lowest BCUT2D eigenvalue weighted by Crippen LogP contribution is -2.43. The van der Waals surface area contributed by atoms with Crippen molar-refractivity contribution >= 4 is 22.1 Å². The fourth-order valence-electron chi connectivity index (χ4n) is 4.76. The van der Waals surface area contributed by atoms with Crippen molar-refractivity contribution in [2.24, 2.45) is 0 Å². The molecule has 0 fully saturated rings. The molecule has 0 aliphatic carbocycles. The van der Waals surface area contributed by atoms with Crippen molar-refractivity contribution in [2.45, 2.75) is 60.3 Å².